The SMILES string of the molecule is CCOC(=O)[C@H]1CC[C@H]2[C@@H]3CCC4=CC(=O)C=C[C@]4(C)[C@H]3CC[C@]12CO. The van der Waals surface area contributed by atoms with Crippen molar-refractivity contribution in [2.24, 2.45) is 34.5 Å². The highest BCUT2D eigenvalue weighted by Gasteiger charge is 2.61. The normalized spacial score (nSPS) is 44.0. The molecular formula is C22H30O4. The molecule has 4 aliphatic carbocycles. The number of fused-ring (bicyclic) bond motifs is 5. The molecule has 0 heterocycles. The molecule has 1 N–H and O–H groups in total. The van der Waals surface area contributed by atoms with Gasteiger partial charge in [0, 0.05) is 17.4 Å². The van der Waals surface area contributed by atoms with Crippen LogP contribution in [0.1, 0.15) is 52.4 Å². The Morgan fingerprint density at radius 3 is 2.81 bits per heavy atom. The van der Waals surface area contributed by atoms with E-state index in [1.807, 2.05) is 13.0 Å². The maximum Gasteiger partial charge on any atom is 0.309 e. The van der Waals surface area contributed by atoms with Crippen molar-refractivity contribution in [3.05, 3.63) is 23.8 Å². The molecule has 0 unspecified atom stereocenters. The van der Waals surface area contributed by atoms with Crippen molar-refractivity contribution in [1.82, 2.24) is 0 Å². The third-order valence-electron chi connectivity index (χ3n) is 8.14. The van der Waals surface area contributed by atoms with Gasteiger partial charge >= 0.3 is 5.97 Å². The minimum absolute atomic E-state index is 0.0412. The van der Waals surface area contributed by atoms with Crippen LogP contribution in [0.4, 0.5) is 0 Å². The maximum absolute atomic E-state index is 12.6. The number of hydrogen-bond donors (Lipinski definition) is 1. The summed E-state index contributed by atoms with van der Waals surface area (Å²) in [5, 5.41) is 10.4. The van der Waals surface area contributed by atoms with Crippen LogP contribution in [0.15, 0.2) is 23.8 Å². The second-order valence-electron chi connectivity index (χ2n) is 8.92. The molecule has 3 fully saturated rings. The summed E-state index contributed by atoms with van der Waals surface area (Å²) in [6.45, 7) is 4.61. The fourth-order valence-electron chi connectivity index (χ4n) is 6.91. The third kappa shape index (κ3) is 2.37. The van der Waals surface area contributed by atoms with Crippen LogP contribution in [-0.4, -0.2) is 30.1 Å². The zero-order valence-corrected chi connectivity index (χ0v) is 15.9. The van der Waals surface area contributed by atoms with Gasteiger partial charge in [-0.3, -0.25) is 9.59 Å². The van der Waals surface area contributed by atoms with Crippen molar-refractivity contribution < 1.29 is 19.4 Å². The fourth-order valence-corrected chi connectivity index (χ4v) is 6.91. The molecular weight excluding hydrogens is 328 g/mol. The first-order valence-corrected chi connectivity index (χ1v) is 10.2. The number of esters is 1. The molecule has 0 bridgehead atoms. The van der Waals surface area contributed by atoms with Gasteiger partial charge in [0.15, 0.2) is 5.78 Å². The van der Waals surface area contributed by atoms with E-state index >= 15 is 0 Å². The van der Waals surface area contributed by atoms with E-state index in [0.29, 0.717) is 24.4 Å². The quantitative estimate of drug-likeness (QED) is 0.785. The highest BCUT2D eigenvalue weighted by molar-refractivity contribution is 6.01. The molecule has 0 spiro atoms. The Morgan fingerprint density at radius 1 is 1.27 bits per heavy atom. The van der Waals surface area contributed by atoms with Crippen LogP contribution in [0.2, 0.25) is 0 Å². The number of hydrogen-bond acceptors (Lipinski definition) is 4. The van der Waals surface area contributed by atoms with E-state index in [2.05, 4.69) is 13.0 Å². The average Bonchev–Trinajstić information content (AvgIpc) is 3.02. The number of ether oxygens (including phenoxy) is 1. The predicted octanol–water partition coefficient (Wildman–Crippen LogP) is 3.45. The number of aliphatic hydroxyl groups excluding tert-OH is 1. The molecule has 0 amide bonds. The van der Waals surface area contributed by atoms with Gasteiger partial charge in [-0.05, 0) is 75.4 Å². The van der Waals surface area contributed by atoms with Gasteiger partial charge < -0.3 is 9.84 Å². The summed E-state index contributed by atoms with van der Waals surface area (Å²) in [6, 6.07) is 0. The molecule has 4 heteroatoms. The molecule has 0 aliphatic heterocycles. The lowest BCUT2D eigenvalue weighted by atomic mass is 9.47. The molecule has 4 rings (SSSR count). The summed E-state index contributed by atoms with van der Waals surface area (Å²) in [5.41, 5.74) is 0.933. The van der Waals surface area contributed by atoms with Gasteiger partial charge in [0.1, 0.15) is 0 Å². The van der Waals surface area contributed by atoms with Gasteiger partial charge in [0.25, 0.3) is 0 Å². The molecule has 0 aromatic carbocycles. The van der Waals surface area contributed by atoms with E-state index in [4.69, 9.17) is 4.74 Å². The number of ketones is 1. The lowest BCUT2D eigenvalue weighted by molar-refractivity contribution is -0.159. The Labute approximate surface area is 155 Å². The number of carbonyl (C=O) groups is 2. The lowest BCUT2D eigenvalue weighted by Crippen LogP contribution is -2.52. The molecule has 6 atom stereocenters. The first-order valence-electron chi connectivity index (χ1n) is 10.2. The standard InChI is InChI=1S/C22H30O4/c1-3-26-20(25)19-7-6-18-16-5-4-14-12-15(24)8-10-21(14,2)17(16)9-11-22(18,19)13-23/h8,10,12,16-19,23H,3-7,9,11,13H2,1-2H3/t16-,17+,18+,19-,21+,22-/m1/s1. The molecule has 0 radical (unpaired) electrons. The van der Waals surface area contributed by atoms with Crippen LogP contribution in [0.5, 0.6) is 0 Å². The van der Waals surface area contributed by atoms with E-state index in [9.17, 15) is 14.7 Å². The predicted molar refractivity (Wildman–Crippen MR) is 98.2 cm³/mol. The Kier molecular flexibility index (Phi) is 4.37. The molecule has 0 aromatic rings. The molecule has 3 saturated carbocycles. The van der Waals surface area contributed by atoms with Crippen LogP contribution in [-0.2, 0) is 14.3 Å². The van der Waals surface area contributed by atoms with Crippen molar-refractivity contribution in [3.63, 3.8) is 0 Å². The number of carbonyl (C=O) groups excluding carboxylic acids is 2. The van der Waals surface area contributed by atoms with Crippen molar-refractivity contribution >= 4 is 11.8 Å². The maximum atomic E-state index is 12.6. The van der Waals surface area contributed by atoms with Crippen molar-refractivity contribution in [2.45, 2.75) is 52.4 Å². The van der Waals surface area contributed by atoms with Gasteiger partial charge in [0.2, 0.25) is 0 Å². The summed E-state index contributed by atoms with van der Waals surface area (Å²) >= 11 is 0. The zero-order valence-electron chi connectivity index (χ0n) is 15.9. The van der Waals surface area contributed by atoms with Crippen LogP contribution in [0, 0.1) is 34.5 Å². The van der Waals surface area contributed by atoms with E-state index in [-0.39, 0.29) is 35.1 Å². The third-order valence-corrected chi connectivity index (χ3v) is 8.14. The lowest BCUT2D eigenvalue weighted by Gasteiger charge is -2.57. The van der Waals surface area contributed by atoms with Crippen molar-refractivity contribution in [2.75, 3.05) is 13.2 Å². The summed E-state index contributed by atoms with van der Waals surface area (Å²) < 4.78 is 5.35. The molecule has 142 valence electrons. The molecule has 26 heavy (non-hydrogen) atoms. The average molecular weight is 358 g/mol. The van der Waals surface area contributed by atoms with E-state index < -0.39 is 0 Å². The minimum Gasteiger partial charge on any atom is -0.466 e. The van der Waals surface area contributed by atoms with E-state index in [1.165, 1.54) is 5.57 Å². The number of aliphatic hydroxyl groups is 1. The fraction of sp³-hybridized carbons (Fsp3) is 0.727. The van der Waals surface area contributed by atoms with Gasteiger partial charge in [-0.25, -0.2) is 0 Å². The largest absolute Gasteiger partial charge is 0.466 e. The van der Waals surface area contributed by atoms with Gasteiger partial charge in [-0.15, -0.1) is 0 Å². The summed E-state index contributed by atoms with van der Waals surface area (Å²) in [6.07, 6.45) is 11.4. The van der Waals surface area contributed by atoms with Crippen molar-refractivity contribution in [3.8, 4) is 0 Å². The van der Waals surface area contributed by atoms with E-state index in [1.54, 1.807) is 6.08 Å². The number of allylic oxidation sites excluding steroid dienone is 4. The monoisotopic (exact) mass is 358 g/mol. The van der Waals surface area contributed by atoms with E-state index in [0.717, 1.165) is 38.5 Å². The summed E-state index contributed by atoms with van der Waals surface area (Å²) in [4.78, 5) is 24.4. The minimum atomic E-state index is -0.306. The summed E-state index contributed by atoms with van der Waals surface area (Å²) in [7, 11) is 0. The first-order chi connectivity index (χ1) is 12.5. The Balaban J connectivity index is 1.65. The van der Waals surface area contributed by atoms with Gasteiger partial charge in [-0.1, -0.05) is 18.6 Å². The Hall–Kier alpha value is -1.42. The van der Waals surface area contributed by atoms with Crippen molar-refractivity contribution in [1.29, 1.82) is 0 Å². The second kappa shape index (κ2) is 6.33. The smallest absolute Gasteiger partial charge is 0.309 e. The number of rotatable bonds is 3. The Morgan fingerprint density at radius 2 is 2.08 bits per heavy atom. The molecule has 4 aliphatic rings. The van der Waals surface area contributed by atoms with Crippen LogP contribution < -0.4 is 0 Å². The first kappa shape index (κ1) is 18.0. The second-order valence-corrected chi connectivity index (χ2v) is 8.92. The molecule has 0 aromatic heterocycles. The van der Waals surface area contributed by atoms with Gasteiger partial charge in [0.05, 0.1) is 12.5 Å². The van der Waals surface area contributed by atoms with Gasteiger partial charge in [-0.2, -0.15) is 0 Å². The summed E-state index contributed by atoms with van der Waals surface area (Å²) in [5.74, 6) is 1.22. The highest BCUT2D eigenvalue weighted by Crippen LogP contribution is 2.66. The molecule has 0 saturated heterocycles. The van der Waals surface area contributed by atoms with Crippen LogP contribution in [0.3, 0.4) is 0 Å². The molecule has 4 nitrogen and oxygen atoms in total. The Bertz CT molecular complexity index is 678. The van der Waals surface area contributed by atoms with Crippen LogP contribution >= 0.6 is 0 Å². The topological polar surface area (TPSA) is 63.6 Å². The zero-order chi connectivity index (χ0) is 18.5. The van der Waals surface area contributed by atoms with Crippen LogP contribution in [0.25, 0.3) is 0 Å². The highest BCUT2D eigenvalue weighted by atomic mass is 16.5.